The largest absolute Gasteiger partial charge is 0.509 e. The maximum absolute atomic E-state index is 6.43. The molecule has 5 aromatic carbocycles. The molecule has 6 heteroatoms. The molecule has 0 aliphatic carbocycles. The predicted molar refractivity (Wildman–Crippen MR) is 196 cm³/mol. The van der Waals surface area contributed by atoms with Crippen molar-refractivity contribution >= 4 is 33.2 Å². The van der Waals surface area contributed by atoms with Crippen LogP contribution in [0.3, 0.4) is 0 Å². The number of benzene rings is 5. The SMILES string of the molecule is Cc1cccc(N2C=CN(c3[c-]c(Oc4[c-]c5c(cc4)c4ccccc4n5-c4cc(C(C)(C)C)ccn4)ccc3)[CH-]2)c1-c1ccccc1.[Pt]. The van der Waals surface area contributed by atoms with Crippen molar-refractivity contribution in [3.05, 3.63) is 164 Å². The summed E-state index contributed by atoms with van der Waals surface area (Å²) in [5.74, 6) is 2.08. The average Bonchev–Trinajstić information content (AvgIpc) is 3.72. The van der Waals surface area contributed by atoms with Gasteiger partial charge < -0.3 is 19.1 Å². The third-order valence-corrected chi connectivity index (χ3v) is 8.88. The third-order valence-electron chi connectivity index (χ3n) is 8.88. The third kappa shape index (κ3) is 6.16. The molecule has 0 radical (unpaired) electrons. The van der Waals surface area contributed by atoms with Gasteiger partial charge in [-0.3, -0.25) is 0 Å². The Morgan fingerprint density at radius 3 is 2.31 bits per heavy atom. The summed E-state index contributed by atoms with van der Waals surface area (Å²) in [4.78, 5) is 9.01. The zero-order chi connectivity index (χ0) is 32.8. The van der Waals surface area contributed by atoms with E-state index in [-0.39, 0.29) is 26.5 Å². The van der Waals surface area contributed by atoms with Crippen LogP contribution in [0.25, 0.3) is 38.8 Å². The molecule has 0 amide bonds. The Morgan fingerprint density at radius 2 is 1.47 bits per heavy atom. The van der Waals surface area contributed by atoms with Crippen molar-refractivity contribution in [2.45, 2.75) is 33.1 Å². The van der Waals surface area contributed by atoms with Crippen molar-refractivity contribution in [2.24, 2.45) is 0 Å². The van der Waals surface area contributed by atoms with Crippen molar-refractivity contribution in [1.29, 1.82) is 0 Å². The zero-order valence-electron chi connectivity index (χ0n) is 27.8. The van der Waals surface area contributed by atoms with Gasteiger partial charge in [-0.15, -0.1) is 48.1 Å². The number of pyridine rings is 1. The summed E-state index contributed by atoms with van der Waals surface area (Å²) >= 11 is 0. The van der Waals surface area contributed by atoms with Crippen LogP contribution < -0.4 is 14.5 Å². The van der Waals surface area contributed by atoms with Crippen LogP contribution in [0.5, 0.6) is 11.5 Å². The summed E-state index contributed by atoms with van der Waals surface area (Å²) in [7, 11) is 0. The zero-order valence-corrected chi connectivity index (χ0v) is 30.1. The van der Waals surface area contributed by atoms with Gasteiger partial charge >= 0.3 is 0 Å². The van der Waals surface area contributed by atoms with Crippen molar-refractivity contribution in [1.82, 2.24) is 9.55 Å². The van der Waals surface area contributed by atoms with Crippen LogP contribution in [0.15, 0.2) is 134 Å². The second-order valence-corrected chi connectivity index (χ2v) is 13.2. The first-order chi connectivity index (χ1) is 23.3. The fourth-order valence-electron chi connectivity index (χ4n) is 6.43. The first kappa shape index (κ1) is 32.4. The number of para-hydroxylation sites is 1. The quantitative estimate of drug-likeness (QED) is 0.157. The van der Waals surface area contributed by atoms with E-state index < -0.39 is 0 Å². The molecule has 5 nitrogen and oxygen atoms in total. The molecule has 0 bridgehead atoms. The van der Waals surface area contributed by atoms with E-state index >= 15 is 0 Å². The number of fused-ring (bicyclic) bond motifs is 3. The average molecular weight is 819 g/mol. The molecule has 0 saturated heterocycles. The first-order valence-corrected chi connectivity index (χ1v) is 16.2. The van der Waals surface area contributed by atoms with Crippen LogP contribution in [0, 0.1) is 25.7 Å². The van der Waals surface area contributed by atoms with Gasteiger partial charge in [0.25, 0.3) is 0 Å². The molecule has 1 aliphatic heterocycles. The van der Waals surface area contributed by atoms with Crippen LogP contribution in [0.1, 0.15) is 31.9 Å². The molecule has 0 spiro atoms. The Bertz CT molecular complexity index is 2320. The Balaban J connectivity index is 0.00000378. The predicted octanol–water partition coefficient (Wildman–Crippen LogP) is 10.8. The van der Waals surface area contributed by atoms with E-state index in [0.29, 0.717) is 11.5 Å². The summed E-state index contributed by atoms with van der Waals surface area (Å²) in [6.07, 6.45) is 6.01. The maximum Gasteiger partial charge on any atom is 0.135 e. The van der Waals surface area contributed by atoms with Crippen LogP contribution in [-0.2, 0) is 26.5 Å². The molecule has 0 unspecified atom stereocenters. The summed E-state index contributed by atoms with van der Waals surface area (Å²) in [5, 5.41) is 2.25. The molecule has 2 aromatic heterocycles. The molecule has 1 aliphatic rings. The number of rotatable bonds is 6. The van der Waals surface area contributed by atoms with Crippen molar-refractivity contribution in [3.8, 4) is 28.4 Å². The van der Waals surface area contributed by atoms with Gasteiger partial charge in [0.1, 0.15) is 5.82 Å². The topological polar surface area (TPSA) is 33.5 Å². The van der Waals surface area contributed by atoms with E-state index in [4.69, 9.17) is 9.72 Å². The van der Waals surface area contributed by atoms with E-state index in [2.05, 4.69) is 158 Å². The van der Waals surface area contributed by atoms with Gasteiger partial charge in [-0.25, -0.2) is 4.98 Å². The van der Waals surface area contributed by atoms with Gasteiger partial charge in [0.05, 0.1) is 0 Å². The Hall–Kier alpha value is -5.12. The molecule has 8 rings (SSSR count). The van der Waals surface area contributed by atoms with Crippen LogP contribution in [-0.4, -0.2) is 9.55 Å². The van der Waals surface area contributed by atoms with E-state index in [1.165, 1.54) is 22.3 Å². The van der Waals surface area contributed by atoms with Gasteiger partial charge in [-0.05, 0) is 71.1 Å². The van der Waals surface area contributed by atoms with Crippen molar-refractivity contribution < 1.29 is 25.8 Å². The number of anilines is 2. The Kier molecular flexibility index (Phi) is 8.64. The van der Waals surface area contributed by atoms with Crippen molar-refractivity contribution in [3.63, 3.8) is 0 Å². The molecule has 0 fully saturated rings. The molecule has 49 heavy (non-hydrogen) atoms. The maximum atomic E-state index is 6.43. The molecule has 3 heterocycles. The molecule has 0 N–H and O–H groups in total. The molecular formula is C43H35N4OPt-3. The summed E-state index contributed by atoms with van der Waals surface area (Å²) in [6.45, 7) is 10.9. The molecule has 0 saturated carbocycles. The van der Waals surface area contributed by atoms with Crippen LogP contribution in [0.2, 0.25) is 0 Å². The minimum absolute atomic E-state index is 0. The minimum Gasteiger partial charge on any atom is -0.509 e. The van der Waals surface area contributed by atoms with E-state index in [1.54, 1.807) is 0 Å². The van der Waals surface area contributed by atoms with Crippen molar-refractivity contribution in [2.75, 3.05) is 9.80 Å². The molecule has 246 valence electrons. The summed E-state index contributed by atoms with van der Waals surface area (Å²) in [5.41, 5.74) is 8.85. The fraction of sp³-hybridized carbons (Fsp3) is 0.116. The van der Waals surface area contributed by atoms with Gasteiger partial charge in [-0.2, -0.15) is 12.1 Å². The number of aromatic nitrogens is 2. The van der Waals surface area contributed by atoms with Gasteiger partial charge in [0.2, 0.25) is 0 Å². The van der Waals surface area contributed by atoms with E-state index in [1.807, 2.05) is 36.7 Å². The summed E-state index contributed by atoms with van der Waals surface area (Å²) in [6, 6.07) is 46.7. The number of aryl methyl sites for hydroxylation is 1. The number of nitrogens with zero attached hydrogens (tertiary/aromatic N) is 4. The summed E-state index contributed by atoms with van der Waals surface area (Å²) < 4.78 is 8.61. The smallest absolute Gasteiger partial charge is 0.135 e. The number of ether oxygens (including phenoxy) is 1. The second kappa shape index (κ2) is 13.1. The second-order valence-electron chi connectivity index (χ2n) is 13.2. The monoisotopic (exact) mass is 818 g/mol. The number of hydrogen-bond donors (Lipinski definition) is 0. The minimum atomic E-state index is -0.00149. The van der Waals surface area contributed by atoms with Crippen LogP contribution in [0.4, 0.5) is 11.4 Å². The number of hydrogen-bond acceptors (Lipinski definition) is 4. The van der Waals surface area contributed by atoms with Crippen LogP contribution >= 0.6 is 0 Å². The molecule has 0 atom stereocenters. The van der Waals surface area contributed by atoms with Gasteiger partial charge in [0.15, 0.2) is 0 Å². The fourth-order valence-corrected chi connectivity index (χ4v) is 6.43. The van der Waals surface area contributed by atoms with E-state index in [0.717, 1.165) is 39.0 Å². The van der Waals surface area contributed by atoms with Gasteiger partial charge in [0, 0.05) is 55.5 Å². The molecule has 7 aromatic rings. The first-order valence-electron chi connectivity index (χ1n) is 16.2. The Morgan fingerprint density at radius 1 is 0.714 bits per heavy atom. The Labute approximate surface area is 302 Å². The normalized spacial score (nSPS) is 12.9. The van der Waals surface area contributed by atoms with E-state index in [9.17, 15) is 0 Å². The molecular weight excluding hydrogens is 784 g/mol. The van der Waals surface area contributed by atoms with Gasteiger partial charge in [-0.1, -0.05) is 87.0 Å². The standard InChI is InChI=1S/C43H35N4O.Pt/c1-30-12-10-19-39(42(30)31-13-6-5-7-14-31)46-25-24-45(29-46)33-15-11-16-34(27-33)48-35-20-21-37-36-17-8-9-18-38(36)47(40(37)28-35)41-26-32(22-23-44-41)43(2,3)4;/h5-26,29H,1-4H3;/q-3;.